The highest BCUT2D eigenvalue weighted by Gasteiger charge is 2.43. The Morgan fingerprint density at radius 1 is 1.15 bits per heavy atom. The van der Waals surface area contributed by atoms with Gasteiger partial charge in [-0.1, -0.05) is 29.4 Å². The minimum Gasteiger partial charge on any atom is -0.492 e. The normalized spacial score (nSPS) is 16.6. The van der Waals surface area contributed by atoms with Gasteiger partial charge in [0.1, 0.15) is 11.7 Å². The van der Waals surface area contributed by atoms with Gasteiger partial charge in [-0.25, -0.2) is 0 Å². The quantitative estimate of drug-likeness (QED) is 0.216. The van der Waals surface area contributed by atoms with Crippen LogP contribution in [-0.4, -0.2) is 62.1 Å². The first kappa shape index (κ1) is 25.4. The van der Waals surface area contributed by atoms with Crippen molar-refractivity contribution < 1.29 is 32.2 Å². The van der Waals surface area contributed by atoms with Crippen LogP contribution in [0.1, 0.15) is 21.5 Å². The summed E-state index contributed by atoms with van der Waals surface area (Å²) in [7, 11) is 1.37. The smallest absolute Gasteiger partial charge is 0.418 e. The van der Waals surface area contributed by atoms with Gasteiger partial charge in [0.2, 0.25) is 6.04 Å². The number of ether oxygens (including phenoxy) is 1. The van der Waals surface area contributed by atoms with Gasteiger partial charge in [-0.3, -0.25) is 14.6 Å². The fourth-order valence-corrected chi connectivity index (χ4v) is 5.09. The molecule has 6 rings (SSSR count). The van der Waals surface area contributed by atoms with Crippen LogP contribution in [0.3, 0.4) is 0 Å². The topological polar surface area (TPSA) is 104 Å². The fraction of sp³-hybridized carbons (Fsp3) is 0.214. The van der Waals surface area contributed by atoms with E-state index >= 15 is 0 Å². The predicted octanol–water partition coefficient (Wildman–Crippen LogP) is 4.96. The number of halogens is 3. The molecule has 2 aliphatic heterocycles. The Balaban J connectivity index is 1.31. The molecule has 202 valence electrons. The first-order valence-corrected chi connectivity index (χ1v) is 12.4. The number of rotatable bonds is 5. The third-order valence-corrected chi connectivity index (χ3v) is 7.02. The largest absolute Gasteiger partial charge is 0.492 e. The van der Waals surface area contributed by atoms with Crippen molar-refractivity contribution in [3.8, 4) is 17.0 Å². The highest BCUT2D eigenvalue weighted by Crippen LogP contribution is 2.37. The molecule has 0 fully saturated rings. The van der Waals surface area contributed by atoms with E-state index in [0.29, 0.717) is 13.0 Å². The Hall–Kier alpha value is -4.87. The highest BCUT2D eigenvalue weighted by molar-refractivity contribution is 6.45. The van der Waals surface area contributed by atoms with E-state index in [9.17, 15) is 22.8 Å². The number of aromatic amines is 1. The second-order valence-corrected chi connectivity index (χ2v) is 9.35. The first-order chi connectivity index (χ1) is 19.3. The number of nitrogens with zero attached hydrogens (tertiary/aromatic N) is 5. The lowest BCUT2D eigenvalue weighted by molar-refractivity contribution is -0.442. The van der Waals surface area contributed by atoms with E-state index in [1.165, 1.54) is 24.4 Å². The number of hydrogen-bond donors (Lipinski definition) is 1. The SMILES string of the molecule is COc1cnc([N+]2=NC(C(F)(F)F)C=C2)c2[nH]cc(C(=O)C(=O)N3CCc4c(cccc4-c4ccccn4)C3)c12. The molecule has 2 aliphatic rings. The lowest BCUT2D eigenvalue weighted by Crippen LogP contribution is -2.40. The molecule has 12 heteroatoms. The number of H-pyrrole nitrogens is 1. The molecule has 0 radical (unpaired) electrons. The van der Waals surface area contributed by atoms with Crippen molar-refractivity contribution >= 4 is 28.4 Å². The Bertz CT molecular complexity index is 1710. The van der Waals surface area contributed by atoms with Gasteiger partial charge < -0.3 is 14.6 Å². The number of alkyl halides is 3. The zero-order chi connectivity index (χ0) is 28.0. The predicted molar refractivity (Wildman–Crippen MR) is 137 cm³/mol. The van der Waals surface area contributed by atoms with Crippen molar-refractivity contribution in [1.29, 1.82) is 0 Å². The molecule has 0 bridgehead atoms. The minimum absolute atomic E-state index is 0.0316. The zero-order valence-corrected chi connectivity index (χ0v) is 21.1. The summed E-state index contributed by atoms with van der Waals surface area (Å²) in [5, 5.41) is 3.89. The fourth-order valence-electron chi connectivity index (χ4n) is 5.09. The maximum Gasteiger partial charge on any atom is 0.418 e. The zero-order valence-electron chi connectivity index (χ0n) is 21.1. The number of benzene rings is 1. The lowest BCUT2D eigenvalue weighted by atomic mass is 9.92. The number of fused-ring (bicyclic) bond motifs is 2. The van der Waals surface area contributed by atoms with E-state index in [4.69, 9.17) is 4.74 Å². The van der Waals surface area contributed by atoms with E-state index in [-0.39, 0.29) is 34.6 Å². The van der Waals surface area contributed by atoms with Crippen LogP contribution in [0, 0.1) is 0 Å². The molecule has 1 N–H and O–H groups in total. The summed E-state index contributed by atoms with van der Waals surface area (Å²) < 4.78 is 45.8. The number of pyridine rings is 2. The third kappa shape index (κ3) is 4.31. The van der Waals surface area contributed by atoms with Gasteiger partial charge in [-0.2, -0.15) is 13.2 Å². The van der Waals surface area contributed by atoms with Crippen molar-refractivity contribution in [1.82, 2.24) is 19.9 Å². The summed E-state index contributed by atoms with van der Waals surface area (Å²) in [6, 6.07) is 9.51. The molecule has 0 spiro atoms. The van der Waals surface area contributed by atoms with Crippen LogP contribution in [-0.2, 0) is 17.8 Å². The number of nitrogens with one attached hydrogen (secondary N) is 1. The van der Waals surface area contributed by atoms with Gasteiger partial charge in [0.25, 0.3) is 11.7 Å². The summed E-state index contributed by atoms with van der Waals surface area (Å²) >= 11 is 0. The second kappa shape index (κ2) is 9.70. The minimum atomic E-state index is -4.55. The summed E-state index contributed by atoms with van der Waals surface area (Å²) in [6.07, 6.45) is 2.42. The monoisotopic (exact) mass is 547 g/mol. The van der Waals surface area contributed by atoms with Crippen LogP contribution in [0.2, 0.25) is 0 Å². The molecule has 0 saturated carbocycles. The number of amides is 1. The molecule has 9 nitrogen and oxygen atoms in total. The standard InChI is InChI=1S/C28H21F3N6O3/c1-40-21-14-34-26(37-12-9-22(35-37)28(29,30)31)24-23(21)19(13-33-24)25(38)27(39)36-11-8-17-16(15-36)5-4-6-18(17)20-7-2-3-10-32-20/h2-7,9-10,12-14,22H,8,11,15H2,1H3/p+1. The molecular formula is C28H22F3N6O3+. The number of methoxy groups -OCH3 is 1. The van der Waals surface area contributed by atoms with Crippen LogP contribution in [0.5, 0.6) is 5.75 Å². The number of Topliss-reactive ketones (excluding diaryl/α,β-unsaturated/α-hetero) is 1. The van der Waals surface area contributed by atoms with E-state index in [0.717, 1.165) is 39.4 Å². The number of aromatic nitrogens is 3. The highest BCUT2D eigenvalue weighted by atomic mass is 19.4. The molecule has 0 saturated heterocycles. The average molecular weight is 548 g/mol. The Morgan fingerprint density at radius 2 is 2.00 bits per heavy atom. The number of carbonyl (C=O) groups excluding carboxylic acids is 2. The van der Waals surface area contributed by atoms with Gasteiger partial charge >= 0.3 is 12.0 Å². The molecule has 40 heavy (non-hydrogen) atoms. The lowest BCUT2D eigenvalue weighted by Gasteiger charge is -2.29. The van der Waals surface area contributed by atoms with Gasteiger partial charge in [0.15, 0.2) is 11.9 Å². The van der Waals surface area contributed by atoms with Gasteiger partial charge in [0.05, 0.1) is 23.8 Å². The van der Waals surface area contributed by atoms with Crippen molar-refractivity contribution in [2.45, 2.75) is 25.2 Å². The van der Waals surface area contributed by atoms with E-state index in [2.05, 4.69) is 20.1 Å². The molecule has 1 aromatic carbocycles. The Morgan fingerprint density at radius 3 is 2.73 bits per heavy atom. The first-order valence-electron chi connectivity index (χ1n) is 12.4. The molecule has 5 heterocycles. The summed E-state index contributed by atoms with van der Waals surface area (Å²) in [4.78, 5) is 39.9. The maximum atomic E-state index is 13.5. The van der Waals surface area contributed by atoms with E-state index in [1.54, 1.807) is 6.20 Å². The molecular weight excluding hydrogens is 525 g/mol. The van der Waals surface area contributed by atoms with Crippen LogP contribution in [0.15, 0.2) is 72.4 Å². The van der Waals surface area contributed by atoms with Crippen molar-refractivity contribution in [3.63, 3.8) is 0 Å². The number of carbonyl (C=O) groups is 2. The van der Waals surface area contributed by atoms with Gasteiger partial charge in [-0.15, -0.1) is 4.70 Å². The van der Waals surface area contributed by atoms with Crippen molar-refractivity contribution in [2.75, 3.05) is 13.7 Å². The van der Waals surface area contributed by atoms with E-state index < -0.39 is 23.9 Å². The molecule has 4 aromatic rings. The summed E-state index contributed by atoms with van der Waals surface area (Å²) in [6.45, 7) is 0.590. The summed E-state index contributed by atoms with van der Waals surface area (Å²) in [5.74, 6) is -1.24. The Labute approximate surface area is 225 Å². The Kier molecular flexibility index (Phi) is 6.16. The average Bonchev–Trinajstić information content (AvgIpc) is 3.64. The van der Waals surface area contributed by atoms with Crippen LogP contribution in [0.25, 0.3) is 22.2 Å². The molecule has 1 unspecified atom stereocenters. The van der Waals surface area contributed by atoms with E-state index in [1.807, 2.05) is 36.4 Å². The van der Waals surface area contributed by atoms with Gasteiger partial charge in [-0.05, 0) is 40.7 Å². The van der Waals surface area contributed by atoms with Crippen molar-refractivity contribution in [2.24, 2.45) is 5.11 Å². The molecule has 0 aliphatic carbocycles. The molecule has 1 atom stereocenters. The number of hydrogen-bond acceptors (Lipinski definition) is 6. The van der Waals surface area contributed by atoms with Crippen molar-refractivity contribution in [3.05, 3.63) is 84.0 Å². The van der Waals surface area contributed by atoms with Crippen LogP contribution >= 0.6 is 0 Å². The number of azo groups is 2. The maximum absolute atomic E-state index is 13.5. The summed E-state index contributed by atoms with van der Waals surface area (Å²) in [5.41, 5.74) is 4.10. The second-order valence-electron chi connectivity index (χ2n) is 9.35. The van der Waals surface area contributed by atoms with Crippen LogP contribution < -0.4 is 4.74 Å². The number of ketones is 1. The van der Waals surface area contributed by atoms with Crippen LogP contribution in [0.4, 0.5) is 19.0 Å². The molecule has 3 aromatic heterocycles. The third-order valence-electron chi connectivity index (χ3n) is 7.02. The van der Waals surface area contributed by atoms with Gasteiger partial charge in [0, 0.05) is 31.0 Å². The molecule has 1 amide bonds.